The molecular formula is C25H23N3O4S. The molecule has 3 aliphatic heterocycles. The minimum absolute atomic E-state index is 0.0498. The summed E-state index contributed by atoms with van der Waals surface area (Å²) in [6.45, 7) is 0.869. The SMILES string of the molecule is O=C1c2c(O)c(=O)ccn2N([C@@H]2c3ccccc3SCC3=CC=CC32)[C@@H]2COCC3(CC3)N12. The first-order valence-electron chi connectivity index (χ1n) is 11.3. The Bertz CT molecular complexity index is 1310. The van der Waals surface area contributed by atoms with E-state index >= 15 is 0 Å². The Morgan fingerprint density at radius 1 is 1.15 bits per heavy atom. The van der Waals surface area contributed by atoms with Gasteiger partial charge in [-0.2, -0.15) is 0 Å². The summed E-state index contributed by atoms with van der Waals surface area (Å²) in [4.78, 5) is 29.2. The lowest BCUT2D eigenvalue weighted by Gasteiger charge is -2.55. The fraction of sp³-hybridized carbons (Fsp3) is 0.360. The number of pyridine rings is 1. The smallest absolute Gasteiger partial charge is 0.278 e. The van der Waals surface area contributed by atoms with Crippen molar-refractivity contribution in [1.82, 2.24) is 9.58 Å². The van der Waals surface area contributed by atoms with Crippen LogP contribution < -0.4 is 10.4 Å². The van der Waals surface area contributed by atoms with Crippen LogP contribution in [0.1, 0.15) is 34.9 Å². The minimum Gasteiger partial charge on any atom is -0.502 e. The van der Waals surface area contributed by atoms with Crippen molar-refractivity contribution < 1.29 is 14.6 Å². The number of rotatable bonds is 1. The zero-order valence-electron chi connectivity index (χ0n) is 17.9. The van der Waals surface area contributed by atoms with E-state index in [4.69, 9.17) is 4.74 Å². The van der Waals surface area contributed by atoms with E-state index < -0.39 is 11.2 Å². The van der Waals surface area contributed by atoms with Gasteiger partial charge in [0.2, 0.25) is 5.43 Å². The van der Waals surface area contributed by atoms with Gasteiger partial charge < -0.3 is 14.7 Å². The largest absolute Gasteiger partial charge is 0.502 e. The van der Waals surface area contributed by atoms with Crippen LogP contribution in [-0.4, -0.2) is 51.3 Å². The van der Waals surface area contributed by atoms with Crippen LogP contribution in [0, 0.1) is 5.92 Å². The van der Waals surface area contributed by atoms with Gasteiger partial charge in [-0.25, -0.2) is 0 Å². The van der Waals surface area contributed by atoms with Crippen molar-refractivity contribution in [2.24, 2.45) is 5.92 Å². The maximum absolute atomic E-state index is 13.7. The second-order valence-corrected chi connectivity index (χ2v) is 10.4. The molecule has 3 atom stereocenters. The summed E-state index contributed by atoms with van der Waals surface area (Å²) in [5.41, 5.74) is 1.66. The number of fused-ring (bicyclic) bond motifs is 5. The second kappa shape index (κ2) is 6.77. The topological polar surface area (TPSA) is 75.0 Å². The van der Waals surface area contributed by atoms with Crippen molar-refractivity contribution in [3.63, 3.8) is 0 Å². The molecule has 1 aromatic carbocycles. The number of allylic oxidation sites excluding steroid dienone is 2. The molecule has 1 N–H and O–H groups in total. The first-order valence-corrected chi connectivity index (χ1v) is 12.3. The number of carbonyl (C=O) groups excluding carboxylic acids is 1. The van der Waals surface area contributed by atoms with E-state index in [-0.39, 0.29) is 35.3 Å². The van der Waals surface area contributed by atoms with Crippen LogP contribution in [-0.2, 0) is 4.74 Å². The van der Waals surface area contributed by atoms with Gasteiger partial charge in [0.15, 0.2) is 11.4 Å². The van der Waals surface area contributed by atoms with Gasteiger partial charge in [-0.1, -0.05) is 42.0 Å². The summed E-state index contributed by atoms with van der Waals surface area (Å²) in [6, 6.07) is 9.62. The van der Waals surface area contributed by atoms with Crippen LogP contribution in [0.2, 0.25) is 0 Å². The molecule has 1 spiro atoms. The minimum atomic E-state index is -0.538. The molecule has 168 valence electrons. The number of carbonyl (C=O) groups is 1. The van der Waals surface area contributed by atoms with E-state index in [1.54, 1.807) is 10.9 Å². The van der Waals surface area contributed by atoms with Crippen molar-refractivity contribution in [3.8, 4) is 5.75 Å². The van der Waals surface area contributed by atoms with Crippen molar-refractivity contribution in [2.45, 2.75) is 35.5 Å². The quantitative estimate of drug-likeness (QED) is 0.704. The number of aromatic nitrogens is 1. The third kappa shape index (κ3) is 2.62. The maximum atomic E-state index is 13.7. The van der Waals surface area contributed by atoms with E-state index in [2.05, 4.69) is 47.5 Å². The Kier molecular flexibility index (Phi) is 4.00. The Morgan fingerprint density at radius 2 is 2.00 bits per heavy atom. The van der Waals surface area contributed by atoms with Crippen LogP contribution in [0.5, 0.6) is 5.75 Å². The van der Waals surface area contributed by atoms with Crippen molar-refractivity contribution in [1.29, 1.82) is 0 Å². The Labute approximate surface area is 194 Å². The molecule has 0 bridgehead atoms. The average Bonchev–Trinajstić information content (AvgIpc) is 3.46. The van der Waals surface area contributed by atoms with E-state index in [1.165, 1.54) is 22.1 Å². The number of thioether (sulfide) groups is 1. The zero-order chi connectivity index (χ0) is 22.3. The molecule has 1 amide bonds. The Morgan fingerprint density at radius 3 is 2.85 bits per heavy atom. The van der Waals surface area contributed by atoms with Crippen LogP contribution in [0.25, 0.3) is 0 Å². The zero-order valence-corrected chi connectivity index (χ0v) is 18.7. The molecule has 7 nitrogen and oxygen atoms in total. The van der Waals surface area contributed by atoms with Gasteiger partial charge in [0.1, 0.15) is 6.17 Å². The Hall–Kier alpha value is -2.97. The van der Waals surface area contributed by atoms with E-state index in [1.807, 2.05) is 16.7 Å². The van der Waals surface area contributed by atoms with Gasteiger partial charge in [0.05, 0.1) is 24.8 Å². The molecular weight excluding hydrogens is 438 g/mol. The van der Waals surface area contributed by atoms with Crippen LogP contribution >= 0.6 is 11.8 Å². The summed E-state index contributed by atoms with van der Waals surface area (Å²) in [7, 11) is 0. The molecule has 1 aromatic heterocycles. The fourth-order valence-electron chi connectivity index (χ4n) is 5.88. The summed E-state index contributed by atoms with van der Waals surface area (Å²) in [6.07, 6.45) is 9.55. The normalized spacial score (nSPS) is 28.5. The fourth-order valence-corrected chi connectivity index (χ4v) is 7.02. The number of ether oxygens (including phenoxy) is 1. The highest BCUT2D eigenvalue weighted by molar-refractivity contribution is 7.99. The summed E-state index contributed by atoms with van der Waals surface area (Å²) in [5.74, 6) is 0.237. The highest BCUT2D eigenvalue weighted by Crippen LogP contribution is 2.52. The number of hydrogen-bond donors (Lipinski definition) is 1. The van der Waals surface area contributed by atoms with E-state index in [9.17, 15) is 14.7 Å². The number of aromatic hydroxyl groups is 1. The average molecular weight is 462 g/mol. The van der Waals surface area contributed by atoms with Crippen molar-refractivity contribution in [2.75, 3.05) is 24.0 Å². The summed E-state index contributed by atoms with van der Waals surface area (Å²) in [5, 5.41) is 13.0. The van der Waals surface area contributed by atoms with Crippen LogP contribution in [0.15, 0.2) is 70.0 Å². The molecule has 1 saturated carbocycles. The predicted octanol–water partition coefficient (Wildman–Crippen LogP) is 2.80. The summed E-state index contributed by atoms with van der Waals surface area (Å²) >= 11 is 1.83. The number of morpholine rings is 1. The van der Waals surface area contributed by atoms with Gasteiger partial charge in [-0.05, 0) is 24.5 Å². The third-order valence-electron chi connectivity index (χ3n) is 7.62. The lowest BCUT2D eigenvalue weighted by atomic mass is 9.88. The number of benzene rings is 1. The highest BCUT2D eigenvalue weighted by atomic mass is 32.2. The van der Waals surface area contributed by atoms with Gasteiger partial charge in [-0.15, -0.1) is 11.8 Å². The van der Waals surface area contributed by atoms with E-state index in [0.717, 1.165) is 18.6 Å². The van der Waals surface area contributed by atoms with Gasteiger partial charge in [0, 0.05) is 28.8 Å². The van der Waals surface area contributed by atoms with Gasteiger partial charge >= 0.3 is 0 Å². The van der Waals surface area contributed by atoms with Crippen LogP contribution in [0.4, 0.5) is 0 Å². The monoisotopic (exact) mass is 461 g/mol. The number of hydrogen-bond acceptors (Lipinski definition) is 6. The molecule has 5 aliphatic rings. The highest BCUT2D eigenvalue weighted by Gasteiger charge is 2.60. The summed E-state index contributed by atoms with van der Waals surface area (Å²) < 4.78 is 7.79. The molecule has 1 saturated heterocycles. The van der Waals surface area contributed by atoms with Gasteiger partial charge in [0.25, 0.3) is 5.91 Å². The van der Waals surface area contributed by atoms with Crippen molar-refractivity contribution in [3.05, 3.63) is 81.8 Å². The first kappa shape index (κ1) is 19.5. The lowest BCUT2D eigenvalue weighted by Crippen LogP contribution is -2.70. The molecule has 2 aromatic rings. The maximum Gasteiger partial charge on any atom is 0.278 e. The van der Waals surface area contributed by atoms with Gasteiger partial charge in [-0.3, -0.25) is 19.3 Å². The molecule has 2 aliphatic carbocycles. The van der Waals surface area contributed by atoms with Crippen molar-refractivity contribution >= 4 is 17.7 Å². The molecule has 0 radical (unpaired) electrons. The van der Waals surface area contributed by atoms with Crippen LogP contribution in [0.3, 0.4) is 0 Å². The molecule has 33 heavy (non-hydrogen) atoms. The first-order chi connectivity index (χ1) is 16.1. The number of amides is 1. The molecule has 1 unspecified atom stereocenters. The second-order valence-electron chi connectivity index (χ2n) is 9.42. The molecule has 4 heterocycles. The molecule has 8 heteroatoms. The Balaban J connectivity index is 1.50. The standard InChI is InChI=1S/C25H23N3O4S/c29-18-8-11-26-22(23(18)30)24(31)27-20(12-32-14-25(27)9-10-25)28(26)21-16-6-3-4-15(16)13-33-19-7-2-1-5-17(19)21/h1-8,11,16,20-21,30H,9-10,12-14H2/t16?,20-,21+/m1/s1. The predicted molar refractivity (Wildman–Crippen MR) is 124 cm³/mol. The number of nitrogens with zero attached hydrogens (tertiary/aromatic N) is 3. The molecule has 2 fully saturated rings. The lowest BCUT2D eigenvalue weighted by molar-refractivity contribution is -0.0637. The van der Waals surface area contributed by atoms with E-state index in [0.29, 0.717) is 13.2 Å². The molecule has 7 rings (SSSR count). The third-order valence-corrected chi connectivity index (χ3v) is 8.78.